The maximum Gasteiger partial charge on any atom is 0.323 e. The fraction of sp³-hybridized carbons (Fsp3) is 0.750. The van der Waals surface area contributed by atoms with Crippen LogP contribution in [0.2, 0.25) is 0 Å². The van der Waals surface area contributed by atoms with Crippen molar-refractivity contribution in [2.75, 3.05) is 26.9 Å². The second-order valence-corrected chi connectivity index (χ2v) is 14.3. The summed E-state index contributed by atoms with van der Waals surface area (Å²) in [5, 5.41) is 9.17. The fourth-order valence-electron chi connectivity index (χ4n) is 6.33. The van der Waals surface area contributed by atoms with Crippen LogP contribution < -0.4 is 16.8 Å². The molecule has 1 amide bonds. The van der Waals surface area contributed by atoms with E-state index in [0.717, 1.165) is 48.8 Å². The quantitative estimate of drug-likeness (QED) is 0.156. The lowest BCUT2D eigenvalue weighted by molar-refractivity contribution is -0.155. The van der Waals surface area contributed by atoms with Gasteiger partial charge in [0.2, 0.25) is 5.91 Å². The van der Waals surface area contributed by atoms with Crippen molar-refractivity contribution in [3.8, 4) is 0 Å². The van der Waals surface area contributed by atoms with Gasteiger partial charge in [0.25, 0.3) is 0 Å². The Morgan fingerprint density at radius 3 is 2.35 bits per heavy atom. The Balaban J connectivity index is 1.81. The van der Waals surface area contributed by atoms with E-state index in [1.54, 1.807) is 7.11 Å². The highest BCUT2D eigenvalue weighted by atomic mass is 16.5. The minimum atomic E-state index is -0.756. The molecule has 1 aliphatic rings. The molecule has 5 atom stereocenters. The normalized spacial score (nSPS) is 17.8. The van der Waals surface area contributed by atoms with Crippen LogP contribution in [0.25, 0.3) is 10.9 Å². The summed E-state index contributed by atoms with van der Waals surface area (Å²) < 4.78 is 18.9. The molecule has 46 heavy (non-hydrogen) atoms. The van der Waals surface area contributed by atoms with E-state index in [9.17, 15) is 9.59 Å². The van der Waals surface area contributed by atoms with Crippen LogP contribution in [-0.4, -0.2) is 72.8 Å². The van der Waals surface area contributed by atoms with Gasteiger partial charge >= 0.3 is 5.97 Å². The fourth-order valence-corrected chi connectivity index (χ4v) is 6.33. The van der Waals surface area contributed by atoms with Crippen LogP contribution in [0, 0.1) is 36.5 Å². The highest BCUT2D eigenvalue weighted by Gasteiger charge is 2.35. The molecule has 10 nitrogen and oxygen atoms in total. The molecule has 2 heterocycles. The summed E-state index contributed by atoms with van der Waals surface area (Å²) in [6, 6.07) is 5.48. The highest BCUT2D eigenvalue weighted by Crippen LogP contribution is 2.29. The minimum absolute atomic E-state index is 0.0191. The molecule has 1 fully saturated rings. The van der Waals surface area contributed by atoms with Gasteiger partial charge in [-0.3, -0.25) is 14.3 Å². The first-order chi connectivity index (χ1) is 21.8. The summed E-state index contributed by atoms with van der Waals surface area (Å²) in [7, 11) is 1.72. The van der Waals surface area contributed by atoms with Gasteiger partial charge in [-0.15, -0.1) is 0 Å². The molecule has 260 valence electrons. The number of hydrogen-bond donors (Lipinski definition) is 3. The second-order valence-electron chi connectivity index (χ2n) is 14.3. The molecule has 3 rings (SSSR count). The predicted octanol–water partition coefficient (Wildman–Crippen LogP) is 4.77. The van der Waals surface area contributed by atoms with Crippen molar-refractivity contribution in [3.05, 3.63) is 29.5 Å². The van der Waals surface area contributed by atoms with Gasteiger partial charge < -0.3 is 31.0 Å². The smallest absolute Gasteiger partial charge is 0.323 e. The standard InChI is InChI=1S/C36H61N5O5/c1-22(2)27(18-26-10-11-29-25(7)40-41(32(29)19-26)14-9-15-44-8)20-31(37)33(46-36(43)34(38)24(5)6)21-30(23(3)4)35(42)39-28-12-16-45-17-13-28/h10-11,19,22-24,27-28,30-31,33-34H,9,12-18,20-21,37-38H2,1-8H3,(H,39,42)/t27?,30?,31-,33?,34-/m0/s1. The zero-order valence-electron chi connectivity index (χ0n) is 29.6. The molecule has 0 saturated carbocycles. The van der Waals surface area contributed by atoms with E-state index in [2.05, 4.69) is 42.0 Å². The Labute approximate surface area is 276 Å². The summed E-state index contributed by atoms with van der Waals surface area (Å²) in [6.45, 7) is 17.1. The molecule has 0 spiro atoms. The lowest BCUT2D eigenvalue weighted by atomic mass is 9.80. The molecule has 1 aliphatic heterocycles. The third-order valence-electron chi connectivity index (χ3n) is 9.67. The van der Waals surface area contributed by atoms with Crippen LogP contribution in [0.15, 0.2) is 18.2 Å². The number of carbonyl (C=O) groups is 2. The van der Waals surface area contributed by atoms with Gasteiger partial charge in [-0.05, 0) is 80.8 Å². The molecule has 3 unspecified atom stereocenters. The van der Waals surface area contributed by atoms with Crippen molar-refractivity contribution >= 4 is 22.8 Å². The summed E-state index contributed by atoms with van der Waals surface area (Å²) >= 11 is 0. The molecule has 5 N–H and O–H groups in total. The average molecular weight is 644 g/mol. The number of nitrogens with zero attached hydrogens (tertiary/aromatic N) is 2. The van der Waals surface area contributed by atoms with Gasteiger partial charge in [-0.1, -0.05) is 53.7 Å². The second kappa shape index (κ2) is 18.1. The van der Waals surface area contributed by atoms with Crippen LogP contribution in [0.4, 0.5) is 0 Å². The van der Waals surface area contributed by atoms with E-state index in [-0.39, 0.29) is 35.6 Å². The van der Waals surface area contributed by atoms with Gasteiger partial charge in [-0.2, -0.15) is 5.10 Å². The number of esters is 1. The van der Waals surface area contributed by atoms with Crippen molar-refractivity contribution in [2.24, 2.45) is 41.1 Å². The molecular formula is C36H61N5O5. The van der Waals surface area contributed by atoms with E-state index in [0.29, 0.717) is 38.6 Å². The largest absolute Gasteiger partial charge is 0.460 e. The lowest BCUT2D eigenvalue weighted by Gasteiger charge is -2.34. The SMILES string of the molecule is COCCCn1nc(C)c2ccc(CC(C[C@H](N)C(CC(C(=O)NC3CCOCC3)C(C)C)OC(=O)[C@@H](N)C(C)C)C(C)C)cc21. The predicted molar refractivity (Wildman–Crippen MR) is 183 cm³/mol. The number of nitrogens with one attached hydrogen (secondary N) is 1. The molecule has 0 aliphatic carbocycles. The number of aryl methyl sites for hydroxylation is 2. The number of ether oxygens (including phenoxy) is 3. The van der Waals surface area contributed by atoms with Gasteiger partial charge in [-0.25, -0.2) is 0 Å². The number of aromatic nitrogens is 2. The Morgan fingerprint density at radius 2 is 1.74 bits per heavy atom. The third-order valence-corrected chi connectivity index (χ3v) is 9.67. The number of hydrogen-bond acceptors (Lipinski definition) is 8. The van der Waals surface area contributed by atoms with Crippen molar-refractivity contribution < 1.29 is 23.8 Å². The van der Waals surface area contributed by atoms with Crippen LogP contribution in [-0.2, 0) is 36.8 Å². The van der Waals surface area contributed by atoms with Gasteiger partial charge in [0, 0.05) is 56.9 Å². The zero-order valence-corrected chi connectivity index (χ0v) is 29.6. The van der Waals surface area contributed by atoms with Crippen LogP contribution in [0.5, 0.6) is 0 Å². The van der Waals surface area contributed by atoms with Gasteiger partial charge in [0.15, 0.2) is 0 Å². The maximum absolute atomic E-state index is 13.6. The summed E-state index contributed by atoms with van der Waals surface area (Å²) in [5.74, 6) is -0.317. The van der Waals surface area contributed by atoms with Crippen molar-refractivity contribution in [3.63, 3.8) is 0 Å². The van der Waals surface area contributed by atoms with E-state index < -0.39 is 24.2 Å². The minimum Gasteiger partial charge on any atom is -0.460 e. The molecule has 1 saturated heterocycles. The first-order valence-electron chi connectivity index (χ1n) is 17.4. The van der Waals surface area contributed by atoms with E-state index in [1.165, 1.54) is 5.56 Å². The number of fused-ring (bicyclic) bond motifs is 1. The van der Waals surface area contributed by atoms with Crippen LogP contribution in [0.1, 0.15) is 84.9 Å². The Kier molecular flexibility index (Phi) is 14.9. The molecule has 10 heteroatoms. The first kappa shape index (κ1) is 37.9. The van der Waals surface area contributed by atoms with Crippen LogP contribution >= 0.6 is 0 Å². The average Bonchev–Trinajstić information content (AvgIpc) is 3.32. The lowest BCUT2D eigenvalue weighted by Crippen LogP contribution is -2.49. The monoisotopic (exact) mass is 643 g/mol. The number of methoxy groups -OCH3 is 1. The number of amides is 1. The van der Waals surface area contributed by atoms with Crippen molar-refractivity contribution in [1.82, 2.24) is 15.1 Å². The van der Waals surface area contributed by atoms with Gasteiger partial charge in [0.1, 0.15) is 12.1 Å². The van der Waals surface area contributed by atoms with Gasteiger partial charge in [0.05, 0.1) is 11.2 Å². The third kappa shape index (κ3) is 10.8. The van der Waals surface area contributed by atoms with E-state index >= 15 is 0 Å². The topological polar surface area (TPSA) is 144 Å². The van der Waals surface area contributed by atoms with Crippen LogP contribution in [0.3, 0.4) is 0 Å². The molecule has 0 bridgehead atoms. The number of benzene rings is 1. The van der Waals surface area contributed by atoms with Crippen molar-refractivity contribution in [2.45, 2.75) is 118 Å². The number of nitrogens with two attached hydrogens (primary N) is 2. The summed E-state index contributed by atoms with van der Waals surface area (Å²) in [6.07, 6.45) is 3.67. The van der Waals surface area contributed by atoms with Crippen molar-refractivity contribution in [1.29, 1.82) is 0 Å². The molecule has 1 aromatic heterocycles. The van der Waals surface area contributed by atoms with E-state index in [4.69, 9.17) is 30.8 Å². The summed E-state index contributed by atoms with van der Waals surface area (Å²) in [4.78, 5) is 26.7. The first-order valence-corrected chi connectivity index (χ1v) is 17.4. The molecule has 1 aromatic carbocycles. The molecular weight excluding hydrogens is 582 g/mol. The number of rotatable bonds is 18. The maximum atomic E-state index is 13.6. The Hall–Kier alpha value is -2.53. The summed E-state index contributed by atoms with van der Waals surface area (Å²) in [5.41, 5.74) is 16.5. The highest BCUT2D eigenvalue weighted by molar-refractivity contribution is 5.82. The number of carbonyl (C=O) groups excluding carboxylic acids is 2. The molecule has 0 radical (unpaired) electrons. The Morgan fingerprint density at radius 1 is 1.04 bits per heavy atom. The Bertz CT molecular complexity index is 1240. The van der Waals surface area contributed by atoms with E-state index in [1.807, 2.05) is 34.6 Å². The zero-order chi connectivity index (χ0) is 34.0. The molecule has 2 aromatic rings.